The van der Waals surface area contributed by atoms with Crippen molar-refractivity contribution in [3.05, 3.63) is 21.3 Å². The number of nitrogens with one attached hydrogen (secondary N) is 1. The van der Waals surface area contributed by atoms with E-state index in [-0.39, 0.29) is 12.3 Å². The van der Waals surface area contributed by atoms with Crippen LogP contribution < -0.4 is 5.32 Å². The Morgan fingerprint density at radius 1 is 1.50 bits per heavy atom. The second-order valence-corrected chi connectivity index (χ2v) is 5.75. The van der Waals surface area contributed by atoms with Gasteiger partial charge in [0.25, 0.3) is 0 Å². The first-order chi connectivity index (χ1) is 8.52. The molecule has 0 unspecified atom stereocenters. The fourth-order valence-corrected chi connectivity index (χ4v) is 2.62. The molecule has 1 heterocycles. The third-order valence-electron chi connectivity index (χ3n) is 2.44. The van der Waals surface area contributed by atoms with Crippen molar-refractivity contribution in [1.29, 1.82) is 0 Å². The van der Waals surface area contributed by atoms with Crippen LogP contribution in [0.15, 0.2) is 12.1 Å². The molecule has 0 aromatic carbocycles. The van der Waals surface area contributed by atoms with Crippen molar-refractivity contribution in [3.63, 3.8) is 0 Å². The molecule has 1 atom stereocenters. The molecule has 0 bridgehead atoms. The van der Waals surface area contributed by atoms with Gasteiger partial charge in [-0.15, -0.1) is 11.3 Å². The third-order valence-corrected chi connectivity index (χ3v) is 3.73. The van der Waals surface area contributed by atoms with Gasteiger partial charge in [0.2, 0.25) is 5.91 Å². The highest BCUT2D eigenvalue weighted by Gasteiger charge is 2.18. The minimum Gasteiger partial charge on any atom is -0.480 e. The van der Waals surface area contributed by atoms with Gasteiger partial charge in [0.1, 0.15) is 6.04 Å². The number of aliphatic carboxylic acids is 1. The fourth-order valence-electron chi connectivity index (χ4n) is 1.54. The molecule has 1 aromatic heterocycles. The Hall–Kier alpha value is -1.07. The van der Waals surface area contributed by atoms with Crippen LogP contribution in [0.3, 0.4) is 0 Å². The van der Waals surface area contributed by atoms with Crippen molar-refractivity contribution < 1.29 is 14.7 Å². The lowest BCUT2D eigenvalue weighted by atomic mass is 10.1. The van der Waals surface area contributed by atoms with Crippen molar-refractivity contribution in [1.82, 2.24) is 5.32 Å². The first-order valence-corrected chi connectivity index (χ1v) is 6.98. The fraction of sp³-hybridized carbons (Fsp3) is 0.500. The number of carboxylic acids is 1. The molecule has 0 fully saturated rings. The van der Waals surface area contributed by atoms with Gasteiger partial charge in [-0.25, -0.2) is 4.79 Å². The minimum absolute atomic E-state index is 0.236. The first-order valence-electron chi connectivity index (χ1n) is 5.79. The Labute approximate surface area is 115 Å². The van der Waals surface area contributed by atoms with E-state index in [2.05, 4.69) is 5.32 Å². The molecule has 6 heteroatoms. The van der Waals surface area contributed by atoms with E-state index >= 15 is 0 Å². The van der Waals surface area contributed by atoms with E-state index in [1.54, 1.807) is 6.07 Å². The average Bonchev–Trinajstić information content (AvgIpc) is 2.72. The average molecular weight is 290 g/mol. The quantitative estimate of drug-likeness (QED) is 0.811. The van der Waals surface area contributed by atoms with Gasteiger partial charge < -0.3 is 10.4 Å². The normalized spacial score (nSPS) is 12.1. The van der Waals surface area contributed by atoms with Crippen LogP contribution in [0.2, 0.25) is 4.34 Å². The van der Waals surface area contributed by atoms with Crippen LogP contribution in [0.1, 0.15) is 31.1 Å². The number of aryl methyl sites for hydroxylation is 1. The van der Waals surface area contributed by atoms with Crippen LogP contribution in [-0.2, 0) is 16.0 Å². The molecule has 0 aliphatic heterocycles. The molecule has 0 saturated carbocycles. The Bertz CT molecular complexity index is 419. The molecule has 1 rings (SSSR count). The molecule has 2 N–H and O–H groups in total. The Balaban J connectivity index is 2.38. The monoisotopic (exact) mass is 289 g/mol. The summed E-state index contributed by atoms with van der Waals surface area (Å²) in [7, 11) is 0. The molecule has 0 aliphatic rings. The maximum Gasteiger partial charge on any atom is 0.326 e. The number of carbonyl (C=O) groups excluding carboxylic acids is 1. The molecule has 1 amide bonds. The SMILES string of the molecule is CCC[C@H](NC(=O)CCc1ccc(Cl)s1)C(=O)O. The minimum atomic E-state index is -0.982. The van der Waals surface area contributed by atoms with Crippen LogP contribution in [-0.4, -0.2) is 23.0 Å². The maximum absolute atomic E-state index is 11.6. The summed E-state index contributed by atoms with van der Waals surface area (Å²) < 4.78 is 0.694. The summed E-state index contributed by atoms with van der Waals surface area (Å²) in [6.07, 6.45) is 2.04. The van der Waals surface area contributed by atoms with Crippen molar-refractivity contribution in [2.24, 2.45) is 0 Å². The lowest BCUT2D eigenvalue weighted by Crippen LogP contribution is -2.40. The Morgan fingerprint density at radius 2 is 2.22 bits per heavy atom. The summed E-state index contributed by atoms with van der Waals surface area (Å²) in [5.41, 5.74) is 0. The lowest BCUT2D eigenvalue weighted by Gasteiger charge is -2.13. The zero-order valence-corrected chi connectivity index (χ0v) is 11.7. The standard InChI is InChI=1S/C12H16ClNO3S/c1-2-3-9(12(16)17)14-11(15)7-5-8-4-6-10(13)18-8/h4,6,9H,2-3,5,7H2,1H3,(H,14,15)(H,16,17)/t9-/m0/s1. The predicted molar refractivity (Wildman–Crippen MR) is 72.1 cm³/mol. The van der Waals surface area contributed by atoms with Gasteiger partial charge in [0.05, 0.1) is 4.34 Å². The van der Waals surface area contributed by atoms with Crippen LogP contribution in [0.4, 0.5) is 0 Å². The second-order valence-electron chi connectivity index (χ2n) is 3.95. The van der Waals surface area contributed by atoms with Gasteiger partial charge in [-0.1, -0.05) is 24.9 Å². The highest BCUT2D eigenvalue weighted by atomic mass is 35.5. The summed E-state index contributed by atoms with van der Waals surface area (Å²) in [6.45, 7) is 1.88. The highest BCUT2D eigenvalue weighted by Crippen LogP contribution is 2.22. The van der Waals surface area contributed by atoms with Crippen LogP contribution in [0.25, 0.3) is 0 Å². The number of hydrogen-bond donors (Lipinski definition) is 2. The molecular weight excluding hydrogens is 274 g/mol. The number of thiophene rings is 1. The van der Waals surface area contributed by atoms with Gasteiger partial charge in [-0.2, -0.15) is 0 Å². The van der Waals surface area contributed by atoms with Gasteiger partial charge in [-0.05, 0) is 25.0 Å². The highest BCUT2D eigenvalue weighted by molar-refractivity contribution is 7.16. The number of carboxylic acid groups (broad SMARTS) is 1. The zero-order chi connectivity index (χ0) is 13.5. The largest absolute Gasteiger partial charge is 0.480 e. The van der Waals surface area contributed by atoms with Crippen LogP contribution >= 0.6 is 22.9 Å². The topological polar surface area (TPSA) is 66.4 Å². The molecule has 0 aliphatic carbocycles. The number of amides is 1. The summed E-state index contributed by atoms with van der Waals surface area (Å²) in [5.74, 6) is -1.22. The van der Waals surface area contributed by atoms with Gasteiger partial charge in [-0.3, -0.25) is 4.79 Å². The first kappa shape index (κ1) is 15.0. The third kappa shape index (κ3) is 5.06. The molecule has 18 heavy (non-hydrogen) atoms. The summed E-state index contributed by atoms with van der Waals surface area (Å²) >= 11 is 7.22. The lowest BCUT2D eigenvalue weighted by molar-refractivity contribution is -0.142. The molecule has 4 nitrogen and oxygen atoms in total. The summed E-state index contributed by atoms with van der Waals surface area (Å²) in [4.78, 5) is 23.5. The van der Waals surface area contributed by atoms with E-state index in [1.807, 2.05) is 13.0 Å². The molecule has 0 saturated heterocycles. The van der Waals surface area contributed by atoms with Gasteiger partial charge in [0, 0.05) is 11.3 Å². The van der Waals surface area contributed by atoms with E-state index in [0.29, 0.717) is 17.2 Å². The van der Waals surface area contributed by atoms with E-state index < -0.39 is 12.0 Å². The number of hydrogen-bond acceptors (Lipinski definition) is 3. The molecule has 0 radical (unpaired) electrons. The summed E-state index contributed by atoms with van der Waals surface area (Å²) in [6, 6.07) is 2.88. The molecule has 100 valence electrons. The van der Waals surface area contributed by atoms with Gasteiger partial charge >= 0.3 is 5.97 Å². The number of halogens is 1. The maximum atomic E-state index is 11.6. The zero-order valence-electron chi connectivity index (χ0n) is 10.1. The van der Waals surface area contributed by atoms with Crippen LogP contribution in [0.5, 0.6) is 0 Å². The summed E-state index contributed by atoms with van der Waals surface area (Å²) in [5, 5.41) is 11.4. The van der Waals surface area contributed by atoms with E-state index in [9.17, 15) is 9.59 Å². The van der Waals surface area contributed by atoms with E-state index in [0.717, 1.165) is 11.3 Å². The van der Waals surface area contributed by atoms with E-state index in [4.69, 9.17) is 16.7 Å². The Morgan fingerprint density at radius 3 is 2.72 bits per heavy atom. The number of rotatable bonds is 7. The van der Waals surface area contributed by atoms with Crippen molar-refractivity contribution >= 4 is 34.8 Å². The molecule has 1 aromatic rings. The Kier molecular flexibility index (Phi) is 6.15. The van der Waals surface area contributed by atoms with Crippen molar-refractivity contribution in [2.45, 2.75) is 38.6 Å². The second kappa shape index (κ2) is 7.38. The van der Waals surface area contributed by atoms with Gasteiger partial charge in [0.15, 0.2) is 0 Å². The smallest absolute Gasteiger partial charge is 0.326 e. The molecular formula is C12H16ClNO3S. The predicted octanol–water partition coefficient (Wildman–Crippen LogP) is 2.70. The van der Waals surface area contributed by atoms with Crippen molar-refractivity contribution in [3.8, 4) is 0 Å². The van der Waals surface area contributed by atoms with E-state index in [1.165, 1.54) is 11.3 Å². The van der Waals surface area contributed by atoms with Crippen LogP contribution in [0, 0.1) is 0 Å². The number of carbonyl (C=O) groups is 2. The van der Waals surface area contributed by atoms with Crippen molar-refractivity contribution in [2.75, 3.05) is 0 Å². The molecule has 0 spiro atoms.